The molecule has 1 saturated carbocycles. The van der Waals surface area contributed by atoms with Gasteiger partial charge in [-0.1, -0.05) is 25.7 Å². The topological polar surface area (TPSA) is 96.0 Å². The van der Waals surface area contributed by atoms with Gasteiger partial charge in [-0.15, -0.1) is 0 Å². The quantitative estimate of drug-likeness (QED) is 0.508. The molecule has 1 heterocycles. The summed E-state index contributed by atoms with van der Waals surface area (Å²) in [4.78, 5) is 36.3. The summed E-state index contributed by atoms with van der Waals surface area (Å²) in [5, 5.41) is 6.24. The molecule has 1 amide bonds. The monoisotopic (exact) mass is 308 g/mol. The molecule has 7 heteroatoms. The molecule has 0 atom stereocenters. The van der Waals surface area contributed by atoms with Gasteiger partial charge in [0.15, 0.2) is 0 Å². The molecule has 1 aliphatic carbocycles. The lowest BCUT2D eigenvalue weighted by Crippen LogP contribution is -2.39. The number of carbonyl (C=O) groups is 1. The van der Waals surface area contributed by atoms with E-state index in [2.05, 4.69) is 15.6 Å². The number of carbonyl (C=O) groups excluding carboxylic acids is 1. The van der Waals surface area contributed by atoms with E-state index in [1.807, 2.05) is 0 Å². The lowest BCUT2D eigenvalue weighted by atomic mass is 10.1. The van der Waals surface area contributed by atoms with E-state index < -0.39 is 11.2 Å². The molecule has 0 unspecified atom stereocenters. The maximum atomic E-state index is 11.8. The van der Waals surface area contributed by atoms with Gasteiger partial charge in [0.2, 0.25) is 5.91 Å². The van der Waals surface area contributed by atoms with E-state index in [-0.39, 0.29) is 12.5 Å². The molecule has 7 nitrogen and oxygen atoms in total. The number of aromatic amines is 1. The molecule has 1 aliphatic rings. The standard InChI is InChI=1S/C15H24N4O3/c20-13-7-10-19(15(22)18-13)11-14(21)17-9-8-16-12-5-3-1-2-4-6-12/h7,10,12,16H,1-6,8-9,11H2,(H,17,21)(H,18,20,22). The Balaban J connectivity index is 1.67. The van der Waals surface area contributed by atoms with E-state index in [1.54, 1.807) is 0 Å². The number of nitrogens with zero attached hydrogens (tertiary/aromatic N) is 1. The molecule has 1 fully saturated rings. The van der Waals surface area contributed by atoms with E-state index in [9.17, 15) is 14.4 Å². The minimum Gasteiger partial charge on any atom is -0.353 e. The van der Waals surface area contributed by atoms with E-state index in [1.165, 1.54) is 55.4 Å². The molecule has 0 radical (unpaired) electrons. The van der Waals surface area contributed by atoms with Crippen molar-refractivity contribution in [3.63, 3.8) is 0 Å². The van der Waals surface area contributed by atoms with Gasteiger partial charge in [0.1, 0.15) is 6.54 Å². The zero-order chi connectivity index (χ0) is 15.8. The molecule has 0 aliphatic heterocycles. The summed E-state index contributed by atoms with van der Waals surface area (Å²) in [6, 6.07) is 1.78. The highest BCUT2D eigenvalue weighted by Crippen LogP contribution is 2.16. The van der Waals surface area contributed by atoms with Crippen LogP contribution in [0.25, 0.3) is 0 Å². The van der Waals surface area contributed by atoms with E-state index in [0.29, 0.717) is 12.6 Å². The van der Waals surface area contributed by atoms with Crippen LogP contribution >= 0.6 is 0 Å². The van der Waals surface area contributed by atoms with Gasteiger partial charge in [-0.2, -0.15) is 0 Å². The second-order valence-electron chi connectivity index (χ2n) is 5.73. The van der Waals surface area contributed by atoms with Crippen LogP contribution in [0.5, 0.6) is 0 Å². The van der Waals surface area contributed by atoms with Crippen molar-refractivity contribution in [2.24, 2.45) is 0 Å². The van der Waals surface area contributed by atoms with Gasteiger partial charge < -0.3 is 10.6 Å². The number of H-pyrrole nitrogens is 1. The summed E-state index contributed by atoms with van der Waals surface area (Å²) >= 11 is 0. The molecule has 2 rings (SSSR count). The van der Waals surface area contributed by atoms with Crippen LogP contribution in [0.4, 0.5) is 0 Å². The largest absolute Gasteiger partial charge is 0.353 e. The van der Waals surface area contributed by atoms with Crippen molar-refractivity contribution in [3.05, 3.63) is 33.1 Å². The highest BCUT2D eigenvalue weighted by atomic mass is 16.2. The number of aromatic nitrogens is 2. The third kappa shape index (κ3) is 5.48. The summed E-state index contributed by atoms with van der Waals surface area (Å²) in [5.41, 5.74) is -1.03. The summed E-state index contributed by atoms with van der Waals surface area (Å²) in [6.45, 7) is 1.18. The first-order chi connectivity index (χ1) is 10.6. The van der Waals surface area contributed by atoms with Gasteiger partial charge in [0.05, 0.1) is 0 Å². The van der Waals surface area contributed by atoms with Crippen LogP contribution in [0, 0.1) is 0 Å². The Labute approximate surface area is 129 Å². The number of hydrogen-bond acceptors (Lipinski definition) is 4. The van der Waals surface area contributed by atoms with Crippen LogP contribution in [0.15, 0.2) is 21.9 Å². The van der Waals surface area contributed by atoms with Crippen LogP contribution in [-0.4, -0.2) is 34.6 Å². The molecule has 1 aromatic heterocycles. The predicted molar refractivity (Wildman–Crippen MR) is 83.8 cm³/mol. The van der Waals surface area contributed by atoms with Crippen molar-refractivity contribution >= 4 is 5.91 Å². The van der Waals surface area contributed by atoms with Gasteiger partial charge in [-0.3, -0.25) is 19.1 Å². The molecule has 3 N–H and O–H groups in total. The Bertz CT molecular complexity index is 585. The maximum absolute atomic E-state index is 11.8. The normalized spacial score (nSPS) is 16.2. The van der Waals surface area contributed by atoms with Crippen LogP contribution in [0.3, 0.4) is 0 Å². The average molecular weight is 308 g/mol. The Hall–Kier alpha value is -1.89. The molecule has 0 bridgehead atoms. The molecule has 122 valence electrons. The van der Waals surface area contributed by atoms with Crippen LogP contribution in [0.2, 0.25) is 0 Å². The molecular weight excluding hydrogens is 284 g/mol. The average Bonchev–Trinajstić information content (AvgIpc) is 2.75. The number of nitrogens with one attached hydrogen (secondary N) is 3. The van der Waals surface area contributed by atoms with E-state index in [4.69, 9.17) is 0 Å². The third-order valence-corrected chi connectivity index (χ3v) is 3.95. The lowest BCUT2D eigenvalue weighted by Gasteiger charge is -2.16. The van der Waals surface area contributed by atoms with Gasteiger partial charge >= 0.3 is 5.69 Å². The van der Waals surface area contributed by atoms with E-state index in [0.717, 1.165) is 6.54 Å². The fourth-order valence-electron chi connectivity index (χ4n) is 2.74. The van der Waals surface area contributed by atoms with Gasteiger partial charge in [0.25, 0.3) is 5.56 Å². The molecule has 22 heavy (non-hydrogen) atoms. The van der Waals surface area contributed by atoms with Crippen LogP contribution < -0.4 is 21.9 Å². The highest BCUT2D eigenvalue weighted by molar-refractivity contribution is 5.75. The van der Waals surface area contributed by atoms with Crippen LogP contribution in [-0.2, 0) is 11.3 Å². The van der Waals surface area contributed by atoms with Crippen molar-refractivity contribution in [2.45, 2.75) is 51.1 Å². The number of hydrogen-bond donors (Lipinski definition) is 3. The van der Waals surface area contributed by atoms with Gasteiger partial charge in [0, 0.05) is 31.4 Å². The Kier molecular flexibility index (Phi) is 6.39. The van der Waals surface area contributed by atoms with Gasteiger partial charge in [-0.05, 0) is 12.8 Å². The Morgan fingerprint density at radius 1 is 1.18 bits per heavy atom. The van der Waals surface area contributed by atoms with Gasteiger partial charge in [-0.25, -0.2) is 4.79 Å². The summed E-state index contributed by atoms with van der Waals surface area (Å²) in [6.07, 6.45) is 8.94. The van der Waals surface area contributed by atoms with Crippen LogP contribution in [0.1, 0.15) is 38.5 Å². The SMILES string of the molecule is O=C(Cn1ccc(=O)[nH]c1=O)NCCNC1CCCCCC1. The minimum atomic E-state index is -0.570. The highest BCUT2D eigenvalue weighted by Gasteiger charge is 2.11. The van der Waals surface area contributed by atoms with Crippen molar-refractivity contribution in [1.29, 1.82) is 0 Å². The second kappa shape index (κ2) is 8.53. The number of amides is 1. The second-order valence-corrected chi connectivity index (χ2v) is 5.73. The fraction of sp³-hybridized carbons (Fsp3) is 0.667. The Morgan fingerprint density at radius 2 is 1.91 bits per heavy atom. The van der Waals surface area contributed by atoms with Crippen molar-refractivity contribution in [3.8, 4) is 0 Å². The third-order valence-electron chi connectivity index (χ3n) is 3.95. The Morgan fingerprint density at radius 3 is 2.59 bits per heavy atom. The molecular formula is C15H24N4O3. The lowest BCUT2D eigenvalue weighted by molar-refractivity contribution is -0.121. The summed E-state index contributed by atoms with van der Waals surface area (Å²) < 4.78 is 1.18. The first-order valence-electron chi connectivity index (χ1n) is 7.95. The van der Waals surface area contributed by atoms with E-state index >= 15 is 0 Å². The molecule has 0 spiro atoms. The van der Waals surface area contributed by atoms with Crippen molar-refractivity contribution in [2.75, 3.05) is 13.1 Å². The molecule has 1 aromatic rings. The summed E-state index contributed by atoms with van der Waals surface area (Å²) in [5.74, 6) is -0.239. The number of rotatable bonds is 6. The molecule has 0 saturated heterocycles. The zero-order valence-electron chi connectivity index (χ0n) is 12.8. The first-order valence-corrected chi connectivity index (χ1v) is 7.95. The fourth-order valence-corrected chi connectivity index (χ4v) is 2.74. The summed E-state index contributed by atoms with van der Waals surface area (Å²) in [7, 11) is 0. The van der Waals surface area contributed by atoms with Crippen molar-refractivity contribution < 1.29 is 4.79 Å². The van der Waals surface area contributed by atoms with Crippen molar-refractivity contribution in [1.82, 2.24) is 20.2 Å². The minimum absolute atomic E-state index is 0.0843. The maximum Gasteiger partial charge on any atom is 0.328 e. The smallest absolute Gasteiger partial charge is 0.328 e. The first kappa shape index (κ1) is 16.5. The predicted octanol–water partition coefficient (Wildman–Crippen LogP) is -0.0348. The molecule has 0 aromatic carbocycles. The zero-order valence-corrected chi connectivity index (χ0v) is 12.8.